The van der Waals surface area contributed by atoms with Gasteiger partial charge in [0.15, 0.2) is 0 Å². The number of pyridine rings is 2. The van der Waals surface area contributed by atoms with Crippen LogP contribution in [0.3, 0.4) is 0 Å². The molecule has 194 valence electrons. The van der Waals surface area contributed by atoms with E-state index in [9.17, 15) is 4.79 Å². The topological polar surface area (TPSA) is 85.2 Å². The van der Waals surface area contributed by atoms with Gasteiger partial charge in [-0.05, 0) is 48.0 Å². The van der Waals surface area contributed by atoms with Gasteiger partial charge in [0.2, 0.25) is 5.91 Å². The molecule has 4 heterocycles. The molecule has 1 atom stereocenters. The van der Waals surface area contributed by atoms with E-state index < -0.39 is 0 Å². The second kappa shape index (κ2) is 12.0. The number of nitrogens with one attached hydrogen (secondary N) is 1. The molecular formula is C29H29ClN6O2. The van der Waals surface area contributed by atoms with Crippen LogP contribution in [0.1, 0.15) is 23.1 Å². The fourth-order valence-corrected chi connectivity index (χ4v) is 4.56. The Morgan fingerprint density at radius 2 is 1.87 bits per heavy atom. The summed E-state index contributed by atoms with van der Waals surface area (Å²) < 4.78 is 7.44. The zero-order valence-corrected chi connectivity index (χ0v) is 21.9. The molecule has 1 unspecified atom stereocenters. The number of imidazole rings is 1. The van der Waals surface area contributed by atoms with Crippen LogP contribution in [0.25, 0.3) is 17.3 Å². The number of hydrogen-bond acceptors (Lipinski definition) is 6. The van der Waals surface area contributed by atoms with Crippen molar-refractivity contribution in [3.05, 3.63) is 101 Å². The summed E-state index contributed by atoms with van der Waals surface area (Å²) >= 11 is 5.96. The second-order valence-corrected chi connectivity index (χ2v) is 9.47. The summed E-state index contributed by atoms with van der Waals surface area (Å²) in [6.45, 7) is 3.10. The maximum Gasteiger partial charge on any atom is 0.244 e. The predicted octanol–water partition coefficient (Wildman–Crippen LogP) is 4.48. The summed E-state index contributed by atoms with van der Waals surface area (Å²) in [7, 11) is 1.95. The second-order valence-electron chi connectivity index (χ2n) is 9.04. The Labute approximate surface area is 227 Å². The number of morpholine rings is 1. The molecule has 0 aliphatic carbocycles. The lowest BCUT2D eigenvalue weighted by Gasteiger charge is -2.27. The molecule has 0 radical (unpaired) electrons. The Bertz CT molecular complexity index is 1380. The molecule has 1 amide bonds. The zero-order chi connectivity index (χ0) is 26.3. The quantitative estimate of drug-likeness (QED) is 0.339. The van der Waals surface area contributed by atoms with Crippen LogP contribution in [-0.4, -0.2) is 51.7 Å². The molecule has 9 heteroatoms. The van der Waals surface area contributed by atoms with E-state index >= 15 is 0 Å². The molecule has 1 aliphatic rings. The van der Waals surface area contributed by atoms with Crippen molar-refractivity contribution in [1.29, 1.82) is 0 Å². The highest BCUT2D eigenvalue weighted by Gasteiger charge is 2.22. The average molecular weight is 529 g/mol. The molecule has 1 N–H and O–H groups in total. The molecule has 5 rings (SSSR count). The van der Waals surface area contributed by atoms with Crippen LogP contribution in [-0.2, 0) is 23.0 Å². The zero-order valence-electron chi connectivity index (χ0n) is 21.1. The van der Waals surface area contributed by atoms with Crippen LogP contribution < -0.4 is 10.2 Å². The largest absolute Gasteiger partial charge is 0.378 e. The third-order valence-electron chi connectivity index (χ3n) is 6.47. The third kappa shape index (κ3) is 6.27. The summed E-state index contributed by atoms with van der Waals surface area (Å²) in [4.78, 5) is 29.0. The van der Waals surface area contributed by atoms with Crippen LogP contribution in [0.4, 0.5) is 5.82 Å². The fourth-order valence-electron chi connectivity index (χ4n) is 4.43. The van der Waals surface area contributed by atoms with Gasteiger partial charge in [0.25, 0.3) is 0 Å². The van der Waals surface area contributed by atoms with Gasteiger partial charge in [-0.15, -0.1) is 0 Å². The summed E-state index contributed by atoms with van der Waals surface area (Å²) in [6, 6.07) is 16.8. The highest BCUT2D eigenvalue weighted by molar-refractivity contribution is 6.30. The van der Waals surface area contributed by atoms with E-state index in [2.05, 4.69) is 26.3 Å². The number of amides is 1. The van der Waals surface area contributed by atoms with Crippen molar-refractivity contribution in [2.24, 2.45) is 7.05 Å². The number of halogens is 1. The summed E-state index contributed by atoms with van der Waals surface area (Å²) in [6.07, 6.45) is 9.22. The smallest absolute Gasteiger partial charge is 0.244 e. The minimum Gasteiger partial charge on any atom is -0.378 e. The van der Waals surface area contributed by atoms with Gasteiger partial charge < -0.3 is 19.5 Å². The van der Waals surface area contributed by atoms with Gasteiger partial charge in [-0.1, -0.05) is 29.8 Å². The number of rotatable bonds is 8. The normalized spacial score (nSPS) is 14.5. The van der Waals surface area contributed by atoms with E-state index in [4.69, 9.17) is 21.3 Å². The molecular weight excluding hydrogens is 500 g/mol. The van der Waals surface area contributed by atoms with Crippen LogP contribution >= 0.6 is 11.6 Å². The molecule has 1 fully saturated rings. The number of hydrogen-bond donors (Lipinski definition) is 1. The Kier molecular flexibility index (Phi) is 8.11. The Morgan fingerprint density at radius 1 is 1.05 bits per heavy atom. The van der Waals surface area contributed by atoms with Gasteiger partial charge in [0, 0.05) is 61.3 Å². The minimum absolute atomic E-state index is 0.220. The number of nitrogens with zero attached hydrogens (tertiary/aromatic N) is 5. The van der Waals surface area contributed by atoms with Crippen LogP contribution in [0, 0.1) is 0 Å². The lowest BCUT2D eigenvalue weighted by atomic mass is 10.1. The van der Waals surface area contributed by atoms with E-state index in [1.165, 1.54) is 6.08 Å². The summed E-state index contributed by atoms with van der Waals surface area (Å²) in [5.41, 5.74) is 3.62. The van der Waals surface area contributed by atoms with Crippen molar-refractivity contribution in [2.75, 3.05) is 31.2 Å². The summed E-state index contributed by atoms with van der Waals surface area (Å²) in [5, 5.41) is 3.76. The van der Waals surface area contributed by atoms with Gasteiger partial charge >= 0.3 is 0 Å². The average Bonchev–Trinajstić information content (AvgIpc) is 3.34. The molecule has 8 nitrogen and oxygen atoms in total. The Hall–Kier alpha value is -4.01. The SMILES string of the molecule is Cn1c(-c2ccc(N3CCOCC3)nc2)cnc1C(Cc1ccccn1)NC(=O)/C=C/c1ccc(Cl)cc1. The predicted molar refractivity (Wildman–Crippen MR) is 149 cm³/mol. The maximum absolute atomic E-state index is 12.9. The molecule has 0 saturated carbocycles. The van der Waals surface area contributed by atoms with Crippen molar-refractivity contribution >= 4 is 29.4 Å². The van der Waals surface area contributed by atoms with E-state index in [1.54, 1.807) is 24.4 Å². The molecule has 38 heavy (non-hydrogen) atoms. The molecule has 0 bridgehead atoms. The van der Waals surface area contributed by atoms with Crippen LogP contribution in [0.5, 0.6) is 0 Å². The van der Waals surface area contributed by atoms with Gasteiger partial charge in [-0.3, -0.25) is 9.78 Å². The van der Waals surface area contributed by atoms with Crippen LogP contribution in [0.15, 0.2) is 79.3 Å². The number of benzene rings is 1. The Morgan fingerprint density at radius 3 is 2.58 bits per heavy atom. The van der Waals surface area contributed by atoms with E-state index in [1.807, 2.05) is 60.4 Å². The highest BCUT2D eigenvalue weighted by atomic mass is 35.5. The molecule has 4 aromatic rings. The number of ether oxygens (including phenoxy) is 1. The number of carbonyl (C=O) groups excluding carboxylic acids is 1. The van der Waals surface area contributed by atoms with E-state index in [0.29, 0.717) is 24.7 Å². The third-order valence-corrected chi connectivity index (χ3v) is 6.72. The Balaban J connectivity index is 1.36. The van der Waals surface area contributed by atoms with Crippen molar-refractivity contribution in [3.8, 4) is 11.3 Å². The first-order valence-corrected chi connectivity index (χ1v) is 12.9. The van der Waals surface area contributed by atoms with Crippen molar-refractivity contribution in [3.63, 3.8) is 0 Å². The van der Waals surface area contributed by atoms with Gasteiger partial charge in [-0.2, -0.15) is 0 Å². The highest BCUT2D eigenvalue weighted by Crippen LogP contribution is 2.25. The molecule has 1 aromatic carbocycles. The molecule has 1 aliphatic heterocycles. The number of carbonyl (C=O) groups is 1. The van der Waals surface area contributed by atoms with Crippen molar-refractivity contribution in [2.45, 2.75) is 12.5 Å². The molecule has 0 spiro atoms. The first-order chi connectivity index (χ1) is 18.6. The van der Waals surface area contributed by atoms with Crippen LogP contribution in [0.2, 0.25) is 5.02 Å². The number of aromatic nitrogens is 4. The van der Waals surface area contributed by atoms with Gasteiger partial charge in [0.1, 0.15) is 11.6 Å². The molecule has 3 aromatic heterocycles. The van der Waals surface area contributed by atoms with Gasteiger partial charge in [0.05, 0.1) is 31.1 Å². The minimum atomic E-state index is -0.383. The monoisotopic (exact) mass is 528 g/mol. The van der Waals surface area contributed by atoms with Crippen molar-refractivity contribution in [1.82, 2.24) is 24.8 Å². The first kappa shape index (κ1) is 25.6. The standard InChI is InChI=1S/C29H29ClN6O2/c1-35-26(22-8-11-27(32-19-22)36-14-16-38-17-15-36)20-33-29(35)25(18-24-4-2-3-13-31-24)34-28(37)12-7-21-5-9-23(30)10-6-21/h2-13,19-20,25H,14-18H2,1H3,(H,34,37)/b12-7+. The molecule has 1 saturated heterocycles. The summed E-state index contributed by atoms with van der Waals surface area (Å²) in [5.74, 6) is 1.45. The lowest BCUT2D eigenvalue weighted by molar-refractivity contribution is -0.117. The van der Waals surface area contributed by atoms with E-state index in [0.717, 1.165) is 47.2 Å². The fraction of sp³-hybridized carbons (Fsp3) is 0.241. The van der Waals surface area contributed by atoms with Crippen molar-refractivity contribution < 1.29 is 9.53 Å². The van der Waals surface area contributed by atoms with E-state index in [-0.39, 0.29) is 11.9 Å². The van der Waals surface area contributed by atoms with Gasteiger partial charge in [-0.25, -0.2) is 9.97 Å². The lowest BCUT2D eigenvalue weighted by Crippen LogP contribution is -2.36. The maximum atomic E-state index is 12.9. The first-order valence-electron chi connectivity index (χ1n) is 12.5. The number of anilines is 1.